The molecule has 0 spiro atoms. The minimum Gasteiger partial charge on any atom is -0.472 e. The molecule has 1 aromatic rings. The predicted octanol–water partition coefficient (Wildman–Crippen LogP) is 2.96. The van der Waals surface area contributed by atoms with E-state index in [2.05, 4.69) is 15.9 Å². The smallest absolute Gasteiger partial charge is 0.250 e. The summed E-state index contributed by atoms with van der Waals surface area (Å²) >= 11 is 0. The summed E-state index contributed by atoms with van der Waals surface area (Å²) in [7, 11) is 0. The van der Waals surface area contributed by atoms with Crippen molar-refractivity contribution in [3.8, 4) is 5.88 Å². The molecule has 0 atom stereocenters. The fourth-order valence-corrected chi connectivity index (χ4v) is 3.07. The molecule has 3 aliphatic rings. The fourth-order valence-electron chi connectivity index (χ4n) is 3.07. The van der Waals surface area contributed by atoms with Crippen molar-refractivity contribution in [3.63, 3.8) is 0 Å². The zero-order chi connectivity index (χ0) is 16.9. The van der Waals surface area contributed by atoms with Crippen LogP contribution in [0.25, 0.3) is 5.57 Å². The van der Waals surface area contributed by atoms with Gasteiger partial charge in [0, 0.05) is 30.8 Å². The van der Waals surface area contributed by atoms with Gasteiger partial charge in [0.1, 0.15) is 11.8 Å². The Hall–Kier alpha value is -2.41. The van der Waals surface area contributed by atoms with E-state index in [-0.39, 0.29) is 24.8 Å². The monoisotopic (exact) mass is 332 g/mol. The second-order valence-corrected chi connectivity index (χ2v) is 6.60. The highest BCUT2D eigenvalue weighted by Crippen LogP contribution is 2.38. The van der Waals surface area contributed by atoms with Crippen molar-refractivity contribution in [3.05, 3.63) is 53.4 Å². The molecule has 4 rings (SSSR count). The molecule has 1 aromatic heterocycles. The SMILES string of the molecule is CC1=C2C=C(c3cnc(OC4CC(C)(F)C4)c(F)c3)C=CN2NN1. The summed E-state index contributed by atoms with van der Waals surface area (Å²) in [4.78, 5) is 4.07. The number of hydrogen-bond donors (Lipinski definition) is 2. The molecule has 2 aliphatic heterocycles. The largest absolute Gasteiger partial charge is 0.472 e. The van der Waals surface area contributed by atoms with Crippen LogP contribution in [-0.4, -0.2) is 21.8 Å². The predicted molar refractivity (Wildman–Crippen MR) is 85.3 cm³/mol. The summed E-state index contributed by atoms with van der Waals surface area (Å²) in [6.45, 7) is 3.47. The Kier molecular flexibility index (Phi) is 3.35. The maximum absolute atomic E-state index is 14.3. The zero-order valence-corrected chi connectivity index (χ0v) is 13.4. The summed E-state index contributed by atoms with van der Waals surface area (Å²) in [5.41, 5.74) is 8.23. The average Bonchev–Trinajstić information content (AvgIpc) is 2.88. The Morgan fingerprint density at radius 3 is 2.92 bits per heavy atom. The van der Waals surface area contributed by atoms with Crippen molar-refractivity contribution in [2.75, 3.05) is 0 Å². The highest BCUT2D eigenvalue weighted by atomic mass is 19.1. The number of allylic oxidation sites excluding steroid dienone is 4. The van der Waals surface area contributed by atoms with Crippen molar-refractivity contribution in [2.45, 2.75) is 38.5 Å². The Balaban J connectivity index is 1.53. The van der Waals surface area contributed by atoms with Crippen LogP contribution in [0.2, 0.25) is 0 Å². The van der Waals surface area contributed by atoms with E-state index in [1.807, 2.05) is 30.3 Å². The summed E-state index contributed by atoms with van der Waals surface area (Å²) in [5, 5.41) is 1.84. The summed E-state index contributed by atoms with van der Waals surface area (Å²) in [5.74, 6) is -0.606. The van der Waals surface area contributed by atoms with E-state index in [9.17, 15) is 8.78 Å². The number of alkyl halides is 1. The van der Waals surface area contributed by atoms with Gasteiger partial charge in [-0.15, -0.1) is 5.53 Å². The summed E-state index contributed by atoms with van der Waals surface area (Å²) in [6.07, 6.45) is 7.48. The van der Waals surface area contributed by atoms with E-state index in [0.717, 1.165) is 17.0 Å². The highest BCUT2D eigenvalue weighted by molar-refractivity contribution is 5.77. The molecule has 1 saturated carbocycles. The number of nitrogens with zero attached hydrogens (tertiary/aromatic N) is 2. The second-order valence-electron chi connectivity index (χ2n) is 6.60. The molecule has 1 fully saturated rings. The van der Waals surface area contributed by atoms with Crippen molar-refractivity contribution in [2.24, 2.45) is 0 Å². The van der Waals surface area contributed by atoms with Gasteiger partial charge in [-0.1, -0.05) is 0 Å². The van der Waals surface area contributed by atoms with Gasteiger partial charge < -0.3 is 10.2 Å². The second kappa shape index (κ2) is 5.31. The molecule has 0 bridgehead atoms. The van der Waals surface area contributed by atoms with Crippen molar-refractivity contribution in [1.29, 1.82) is 0 Å². The van der Waals surface area contributed by atoms with Crippen LogP contribution in [0.5, 0.6) is 5.88 Å². The lowest BCUT2D eigenvalue weighted by atomic mass is 9.81. The van der Waals surface area contributed by atoms with E-state index in [1.165, 1.54) is 13.0 Å². The average molecular weight is 332 g/mol. The Morgan fingerprint density at radius 1 is 1.42 bits per heavy atom. The topological polar surface area (TPSA) is 49.4 Å². The number of pyridine rings is 1. The Bertz CT molecular complexity index is 777. The van der Waals surface area contributed by atoms with Gasteiger partial charge in [-0.3, -0.25) is 5.01 Å². The molecule has 0 saturated heterocycles. The molecule has 0 radical (unpaired) electrons. The molecular formula is C17H18F2N4O. The van der Waals surface area contributed by atoms with Crippen molar-refractivity contribution in [1.82, 2.24) is 21.0 Å². The van der Waals surface area contributed by atoms with Gasteiger partial charge in [0.05, 0.1) is 11.4 Å². The molecule has 24 heavy (non-hydrogen) atoms. The first-order valence-electron chi connectivity index (χ1n) is 7.84. The van der Waals surface area contributed by atoms with Crippen LogP contribution in [0.3, 0.4) is 0 Å². The number of halogens is 2. The molecule has 0 amide bonds. The van der Waals surface area contributed by atoms with Crippen LogP contribution in [0.1, 0.15) is 32.3 Å². The Labute approximate surface area is 138 Å². The highest BCUT2D eigenvalue weighted by Gasteiger charge is 2.42. The molecule has 7 heteroatoms. The number of hydrogen-bond acceptors (Lipinski definition) is 5. The quantitative estimate of drug-likeness (QED) is 0.891. The van der Waals surface area contributed by atoms with Crippen LogP contribution < -0.4 is 15.7 Å². The molecule has 0 aromatic carbocycles. The summed E-state index contributed by atoms with van der Waals surface area (Å²) in [6, 6.07) is 1.40. The number of ether oxygens (including phenoxy) is 1. The van der Waals surface area contributed by atoms with Crippen molar-refractivity contribution < 1.29 is 13.5 Å². The van der Waals surface area contributed by atoms with E-state index in [1.54, 1.807) is 6.20 Å². The first-order chi connectivity index (χ1) is 11.4. The van der Waals surface area contributed by atoms with Gasteiger partial charge >= 0.3 is 0 Å². The normalized spacial score (nSPS) is 28.2. The molecule has 0 unspecified atom stereocenters. The van der Waals surface area contributed by atoms with Crippen LogP contribution in [-0.2, 0) is 0 Å². The maximum atomic E-state index is 14.3. The standard InChI is InChI=1S/C17H18F2N4O/c1-10-15-6-11(3-4-23(15)22-21-10)12-5-14(18)16(20-9-12)24-13-7-17(2,19)8-13/h3-6,9,13,21-22H,7-8H2,1-2H3. The van der Waals surface area contributed by atoms with Gasteiger partial charge in [-0.05, 0) is 37.6 Å². The fraction of sp³-hybridized carbons (Fsp3) is 0.353. The number of nitrogens with one attached hydrogen (secondary N) is 2. The van der Waals surface area contributed by atoms with Crippen LogP contribution in [0.4, 0.5) is 8.78 Å². The molecule has 1 aliphatic carbocycles. The van der Waals surface area contributed by atoms with Crippen LogP contribution >= 0.6 is 0 Å². The number of rotatable bonds is 3. The van der Waals surface area contributed by atoms with Crippen LogP contribution in [0.15, 0.2) is 42.0 Å². The van der Waals surface area contributed by atoms with E-state index in [4.69, 9.17) is 4.74 Å². The van der Waals surface area contributed by atoms with Crippen LogP contribution in [0, 0.1) is 5.82 Å². The zero-order valence-electron chi connectivity index (χ0n) is 13.4. The lowest BCUT2D eigenvalue weighted by Crippen LogP contribution is -2.44. The number of hydrazine groups is 2. The van der Waals surface area contributed by atoms with Gasteiger partial charge in [-0.25, -0.2) is 13.8 Å². The molecule has 2 N–H and O–H groups in total. The minimum atomic E-state index is -1.21. The minimum absolute atomic E-state index is 0.0686. The Morgan fingerprint density at radius 2 is 2.21 bits per heavy atom. The third-order valence-electron chi connectivity index (χ3n) is 4.43. The number of fused-ring (bicyclic) bond motifs is 1. The lowest BCUT2D eigenvalue weighted by Gasteiger charge is -2.38. The lowest BCUT2D eigenvalue weighted by molar-refractivity contribution is -0.0328. The van der Waals surface area contributed by atoms with Gasteiger partial charge in [0.25, 0.3) is 5.88 Å². The molecular weight excluding hydrogens is 314 g/mol. The molecule has 5 nitrogen and oxygen atoms in total. The third kappa shape index (κ3) is 2.65. The first kappa shape index (κ1) is 15.1. The molecule has 3 heterocycles. The van der Waals surface area contributed by atoms with Crippen molar-refractivity contribution >= 4 is 5.57 Å². The first-order valence-corrected chi connectivity index (χ1v) is 7.84. The summed E-state index contributed by atoms with van der Waals surface area (Å²) < 4.78 is 33.2. The maximum Gasteiger partial charge on any atom is 0.250 e. The van der Waals surface area contributed by atoms with Gasteiger partial charge in [-0.2, -0.15) is 0 Å². The van der Waals surface area contributed by atoms with E-state index >= 15 is 0 Å². The van der Waals surface area contributed by atoms with Gasteiger partial charge in [0.15, 0.2) is 5.82 Å². The van der Waals surface area contributed by atoms with Gasteiger partial charge in [0.2, 0.25) is 0 Å². The number of aromatic nitrogens is 1. The van der Waals surface area contributed by atoms with E-state index in [0.29, 0.717) is 5.56 Å². The third-order valence-corrected chi connectivity index (χ3v) is 4.43. The van der Waals surface area contributed by atoms with E-state index < -0.39 is 11.5 Å². The molecule has 126 valence electrons.